The van der Waals surface area contributed by atoms with E-state index in [1.807, 2.05) is 0 Å². The normalized spacial score (nSPS) is 27.9. The zero-order chi connectivity index (χ0) is 41.2. The van der Waals surface area contributed by atoms with Crippen molar-refractivity contribution in [3.05, 3.63) is 47.8 Å². The van der Waals surface area contributed by atoms with Crippen molar-refractivity contribution in [1.29, 1.82) is 0 Å². The highest BCUT2D eigenvalue weighted by Crippen LogP contribution is 2.45. The van der Waals surface area contributed by atoms with Crippen LogP contribution in [0.2, 0.25) is 0 Å². The zero-order valence-corrected chi connectivity index (χ0v) is 32.5. The van der Waals surface area contributed by atoms with E-state index in [9.17, 15) is 46.4 Å². The Bertz CT molecular complexity index is 2040. The second kappa shape index (κ2) is 14.6. The fourth-order valence-corrected chi connectivity index (χ4v) is 9.25. The molecule has 1 aromatic carbocycles. The largest absolute Gasteiger partial charge is 0.459 e. The van der Waals surface area contributed by atoms with E-state index < -0.39 is 123 Å². The van der Waals surface area contributed by atoms with Gasteiger partial charge in [-0.15, -0.1) is 6.58 Å². The van der Waals surface area contributed by atoms with Gasteiger partial charge in [0, 0.05) is 30.9 Å². The predicted molar refractivity (Wildman–Crippen MR) is 193 cm³/mol. The van der Waals surface area contributed by atoms with Gasteiger partial charge in [-0.05, 0) is 51.7 Å². The number of carbonyl (C=O) groups excluding carboxylic acids is 7. The van der Waals surface area contributed by atoms with Gasteiger partial charge in [-0.3, -0.25) is 28.8 Å². The number of nitrogens with one attached hydrogen (secondary N) is 3. The van der Waals surface area contributed by atoms with Crippen LogP contribution in [0.3, 0.4) is 0 Å². The van der Waals surface area contributed by atoms with Crippen molar-refractivity contribution in [2.24, 2.45) is 5.92 Å². The maximum Gasteiger partial charge on any atom is 0.410 e. The number of fused-ring (bicyclic) bond motifs is 3. The first kappa shape index (κ1) is 39.9. The summed E-state index contributed by atoms with van der Waals surface area (Å²) in [5.41, 5.74) is -1.82. The molecular weight excluding hydrogens is 772 g/mol. The molecule has 3 saturated heterocycles. The molecule has 0 radical (unpaired) electrons. The lowest BCUT2D eigenvalue weighted by molar-refractivity contribution is -0.157. The summed E-state index contributed by atoms with van der Waals surface area (Å²) in [6, 6.07) is 0.495. The number of carbonyl (C=O) groups is 7. The molecule has 0 spiro atoms. The summed E-state index contributed by atoms with van der Waals surface area (Å²) in [6.45, 7) is 8.11. The number of rotatable bonds is 11. The minimum atomic E-state index is -4.01. The number of amides is 6. The van der Waals surface area contributed by atoms with Crippen LogP contribution in [-0.2, 0) is 61.3 Å². The Hall–Kier alpha value is -5.27. The molecule has 2 bridgehead atoms. The molecule has 2 aliphatic carbocycles. The average molecular weight is 817 g/mol. The molecule has 6 amide bonds. The van der Waals surface area contributed by atoms with Crippen LogP contribution < -0.4 is 15.4 Å². The monoisotopic (exact) mass is 816 g/mol. The van der Waals surface area contributed by atoms with E-state index in [1.165, 1.54) is 28.0 Å². The molecule has 57 heavy (non-hydrogen) atoms. The van der Waals surface area contributed by atoms with E-state index in [1.54, 1.807) is 26.8 Å². The van der Waals surface area contributed by atoms with Crippen LogP contribution in [0.5, 0.6) is 0 Å². The zero-order valence-electron chi connectivity index (χ0n) is 31.7. The SMILES string of the molecule is C=C[C@@H]1C[C@]1(NC(=O)[C@@H]1CC(OC(=O)N2Cc3cccc(F)c3C2)CN1C(=O)[C@H](CC(=O)N1C[C@H]2C[C@@H]1C(=O)O2)NC(=O)OC(C)(C)C)C(=O)NS(=O)(=O)C1CC1. The molecule has 2 saturated carbocycles. The first-order valence-corrected chi connectivity index (χ1v) is 20.4. The second-order valence-electron chi connectivity index (χ2n) is 16.4. The number of morpholine rings is 1. The van der Waals surface area contributed by atoms with E-state index in [0.29, 0.717) is 24.0 Å². The Labute approximate surface area is 327 Å². The molecule has 6 aliphatic rings. The Morgan fingerprint density at radius 1 is 1.09 bits per heavy atom. The molecule has 1 aromatic rings. The molecule has 20 heteroatoms. The second-order valence-corrected chi connectivity index (χ2v) is 18.4. The number of alkyl carbamates (subject to hydrolysis) is 1. The summed E-state index contributed by atoms with van der Waals surface area (Å²) in [4.78, 5) is 98.3. The number of ether oxygens (including phenoxy) is 3. The molecule has 7 atom stereocenters. The van der Waals surface area contributed by atoms with Crippen molar-refractivity contribution in [2.45, 2.75) is 119 Å². The van der Waals surface area contributed by atoms with Gasteiger partial charge in [0.25, 0.3) is 5.91 Å². The van der Waals surface area contributed by atoms with Gasteiger partial charge in [-0.1, -0.05) is 18.2 Å². The first-order valence-electron chi connectivity index (χ1n) is 18.8. The molecule has 7 rings (SSSR count). The maximum atomic E-state index is 14.6. The summed E-state index contributed by atoms with van der Waals surface area (Å²) >= 11 is 0. The van der Waals surface area contributed by atoms with Crippen LogP contribution >= 0.6 is 0 Å². The van der Waals surface area contributed by atoms with Crippen molar-refractivity contribution >= 4 is 51.8 Å². The number of likely N-dealkylation sites (tertiary alicyclic amines) is 2. The van der Waals surface area contributed by atoms with Crippen LogP contribution in [-0.4, -0.2) is 125 Å². The topological polar surface area (TPSA) is 227 Å². The van der Waals surface area contributed by atoms with E-state index in [2.05, 4.69) is 21.9 Å². The van der Waals surface area contributed by atoms with Gasteiger partial charge in [0.2, 0.25) is 27.7 Å². The predicted octanol–water partition coefficient (Wildman–Crippen LogP) is 0.726. The third-order valence-electron chi connectivity index (χ3n) is 11.1. The van der Waals surface area contributed by atoms with Crippen molar-refractivity contribution in [3.8, 4) is 0 Å². The number of nitrogens with zero attached hydrogens (tertiary/aromatic N) is 3. The molecule has 1 unspecified atom stereocenters. The molecule has 308 valence electrons. The van der Waals surface area contributed by atoms with Crippen molar-refractivity contribution in [2.75, 3.05) is 13.1 Å². The Balaban J connectivity index is 1.14. The number of benzene rings is 1. The molecule has 4 heterocycles. The quantitative estimate of drug-likeness (QED) is 0.160. The van der Waals surface area contributed by atoms with E-state index in [4.69, 9.17) is 14.2 Å². The fourth-order valence-electron chi connectivity index (χ4n) is 7.89. The third kappa shape index (κ3) is 8.13. The highest BCUT2D eigenvalue weighted by atomic mass is 32.2. The average Bonchev–Trinajstić information content (AvgIpc) is 3.88. The lowest BCUT2D eigenvalue weighted by atomic mass is 10.1. The number of hydrogen-bond donors (Lipinski definition) is 3. The lowest BCUT2D eigenvalue weighted by Crippen LogP contribution is -2.59. The minimum absolute atomic E-state index is 0.0111. The smallest absolute Gasteiger partial charge is 0.410 e. The number of sulfonamides is 1. The number of hydrogen-bond acceptors (Lipinski definition) is 12. The van der Waals surface area contributed by atoms with Crippen LogP contribution in [0.4, 0.5) is 14.0 Å². The highest BCUT2D eigenvalue weighted by molar-refractivity contribution is 7.91. The molecule has 4 aliphatic heterocycles. The lowest BCUT2D eigenvalue weighted by Gasteiger charge is -2.32. The standard InChI is InChI=1S/C37H45FN6O12S/c1-5-20-14-37(20,33(49)41-57(52,53)23-9-10-23)40-30(46)27-11-22(55-35(51)42-15-19-7-6-8-25(38)24(19)18-42)17-44(27)31(47)26(39-34(50)56-36(2,3)4)13-29(45)43-16-21-12-28(43)32(48)54-21/h5-8,20-23,26-28H,1,9-18H2,2-4H3,(H,39,50)(H,40,46)(H,41,49)/t20-,21-,22?,26+,27+,28-,37-/m1/s1. The summed E-state index contributed by atoms with van der Waals surface area (Å²) < 4.78 is 58.3. The van der Waals surface area contributed by atoms with Crippen molar-refractivity contribution in [1.82, 2.24) is 30.1 Å². The van der Waals surface area contributed by atoms with Gasteiger partial charge in [0.05, 0.1) is 31.3 Å². The maximum absolute atomic E-state index is 14.6. The van der Waals surface area contributed by atoms with E-state index in [-0.39, 0.29) is 38.9 Å². The Morgan fingerprint density at radius 2 is 1.82 bits per heavy atom. The number of esters is 1. The first-order chi connectivity index (χ1) is 26.8. The van der Waals surface area contributed by atoms with Crippen molar-refractivity contribution < 1.29 is 60.6 Å². The molecule has 18 nitrogen and oxygen atoms in total. The third-order valence-corrected chi connectivity index (χ3v) is 12.9. The molecular formula is C37H45FN6O12S. The van der Waals surface area contributed by atoms with Gasteiger partial charge in [0.1, 0.15) is 47.3 Å². The van der Waals surface area contributed by atoms with E-state index >= 15 is 0 Å². The van der Waals surface area contributed by atoms with Crippen LogP contribution in [0.25, 0.3) is 0 Å². The van der Waals surface area contributed by atoms with Gasteiger partial charge >= 0.3 is 18.2 Å². The summed E-state index contributed by atoms with van der Waals surface area (Å²) in [7, 11) is -4.01. The molecule has 0 aromatic heterocycles. The minimum Gasteiger partial charge on any atom is -0.459 e. The number of halogens is 1. The van der Waals surface area contributed by atoms with Gasteiger partial charge in [-0.2, -0.15) is 0 Å². The van der Waals surface area contributed by atoms with Gasteiger partial charge < -0.3 is 34.6 Å². The van der Waals surface area contributed by atoms with Crippen LogP contribution in [0, 0.1) is 11.7 Å². The summed E-state index contributed by atoms with van der Waals surface area (Å²) in [5, 5.41) is 4.33. The highest BCUT2D eigenvalue weighted by Gasteiger charge is 2.62. The van der Waals surface area contributed by atoms with Gasteiger partial charge in [0.15, 0.2) is 0 Å². The Kier molecular flexibility index (Phi) is 10.2. The van der Waals surface area contributed by atoms with E-state index in [0.717, 1.165) is 4.90 Å². The molecule has 3 N–H and O–H groups in total. The van der Waals surface area contributed by atoms with Crippen LogP contribution in [0.15, 0.2) is 30.9 Å². The van der Waals surface area contributed by atoms with Gasteiger partial charge in [-0.25, -0.2) is 27.2 Å². The summed E-state index contributed by atoms with van der Waals surface area (Å²) in [6.07, 6.45) is -2.05. The fraction of sp³-hybridized carbons (Fsp3) is 0.595. The van der Waals surface area contributed by atoms with Crippen LogP contribution in [0.1, 0.15) is 70.4 Å². The molecule has 5 fully saturated rings. The summed E-state index contributed by atoms with van der Waals surface area (Å²) in [5.74, 6) is -5.21. The Morgan fingerprint density at radius 3 is 2.44 bits per heavy atom. The van der Waals surface area contributed by atoms with Crippen molar-refractivity contribution in [3.63, 3.8) is 0 Å².